The van der Waals surface area contributed by atoms with Crippen molar-refractivity contribution in [3.63, 3.8) is 0 Å². The number of halogens is 1. The van der Waals surface area contributed by atoms with E-state index in [2.05, 4.69) is 15.9 Å². The quantitative estimate of drug-likeness (QED) is 0.850. The van der Waals surface area contributed by atoms with E-state index < -0.39 is 5.60 Å². The van der Waals surface area contributed by atoms with Crippen LogP contribution in [0.25, 0.3) is 0 Å². The van der Waals surface area contributed by atoms with Gasteiger partial charge in [-0.3, -0.25) is 4.79 Å². The van der Waals surface area contributed by atoms with Crippen LogP contribution in [0, 0.1) is 5.92 Å². The van der Waals surface area contributed by atoms with Crippen molar-refractivity contribution in [1.82, 2.24) is 0 Å². The van der Waals surface area contributed by atoms with Crippen molar-refractivity contribution in [2.75, 3.05) is 6.61 Å². The second-order valence-electron chi connectivity index (χ2n) is 4.60. The second kappa shape index (κ2) is 5.65. The van der Waals surface area contributed by atoms with Crippen molar-refractivity contribution in [3.8, 4) is 5.75 Å². The monoisotopic (exact) mass is 300 g/mol. The summed E-state index contributed by atoms with van der Waals surface area (Å²) in [6.45, 7) is 5.72. The van der Waals surface area contributed by atoms with E-state index in [9.17, 15) is 9.90 Å². The Hall–Kier alpha value is -0.870. The van der Waals surface area contributed by atoms with Crippen LogP contribution in [-0.2, 0) is 0 Å². The smallest absolute Gasteiger partial charge is 0.153 e. The topological polar surface area (TPSA) is 46.5 Å². The number of aliphatic hydroxyl groups is 1. The minimum Gasteiger partial charge on any atom is -0.490 e. The largest absolute Gasteiger partial charge is 0.490 e. The number of carbonyl (C=O) groups is 1. The highest BCUT2D eigenvalue weighted by Crippen LogP contribution is 2.24. The molecule has 1 N–H and O–H groups in total. The Kier molecular flexibility index (Phi) is 4.71. The van der Waals surface area contributed by atoms with Crippen molar-refractivity contribution < 1.29 is 14.6 Å². The third-order valence-electron chi connectivity index (χ3n) is 2.86. The number of aldehydes is 1. The van der Waals surface area contributed by atoms with E-state index in [4.69, 9.17) is 4.74 Å². The first-order valence-electron chi connectivity index (χ1n) is 5.46. The van der Waals surface area contributed by atoms with Gasteiger partial charge < -0.3 is 9.84 Å². The summed E-state index contributed by atoms with van der Waals surface area (Å²) < 4.78 is 6.33. The first-order chi connectivity index (χ1) is 7.86. The molecule has 0 aliphatic rings. The SMILES string of the molecule is CC(C)C(C)(O)COc1ccc(Br)cc1C=O. The van der Waals surface area contributed by atoms with E-state index >= 15 is 0 Å². The Labute approximate surface area is 110 Å². The zero-order valence-electron chi connectivity index (χ0n) is 10.2. The summed E-state index contributed by atoms with van der Waals surface area (Å²) in [6.07, 6.45) is 0.740. The Bertz CT molecular complexity index is 400. The van der Waals surface area contributed by atoms with E-state index in [0.717, 1.165) is 10.8 Å². The molecular formula is C13H17BrO3. The van der Waals surface area contributed by atoms with Crippen LogP contribution in [-0.4, -0.2) is 23.6 Å². The van der Waals surface area contributed by atoms with Crippen LogP contribution < -0.4 is 4.74 Å². The average Bonchev–Trinajstić information content (AvgIpc) is 2.27. The van der Waals surface area contributed by atoms with Gasteiger partial charge in [0.05, 0.1) is 11.2 Å². The summed E-state index contributed by atoms with van der Waals surface area (Å²) in [5.74, 6) is 0.571. The Morgan fingerprint density at radius 1 is 1.53 bits per heavy atom. The molecule has 0 spiro atoms. The lowest BCUT2D eigenvalue weighted by molar-refractivity contribution is -0.0267. The minimum absolute atomic E-state index is 0.0811. The fourth-order valence-electron chi connectivity index (χ4n) is 1.13. The maximum atomic E-state index is 10.9. The van der Waals surface area contributed by atoms with Gasteiger partial charge in [-0.15, -0.1) is 0 Å². The minimum atomic E-state index is -0.909. The van der Waals surface area contributed by atoms with E-state index in [1.54, 1.807) is 25.1 Å². The van der Waals surface area contributed by atoms with E-state index in [1.807, 2.05) is 13.8 Å². The fourth-order valence-corrected chi connectivity index (χ4v) is 1.51. The van der Waals surface area contributed by atoms with Crippen LogP contribution in [0.15, 0.2) is 22.7 Å². The highest BCUT2D eigenvalue weighted by Gasteiger charge is 2.26. The molecule has 1 aromatic carbocycles. The van der Waals surface area contributed by atoms with Gasteiger partial charge in [0, 0.05) is 4.47 Å². The van der Waals surface area contributed by atoms with Crippen LogP contribution in [0.5, 0.6) is 5.75 Å². The molecule has 0 aliphatic carbocycles. The molecule has 0 amide bonds. The first-order valence-corrected chi connectivity index (χ1v) is 6.26. The Morgan fingerprint density at radius 2 is 2.18 bits per heavy atom. The van der Waals surface area contributed by atoms with Crippen molar-refractivity contribution in [1.29, 1.82) is 0 Å². The van der Waals surface area contributed by atoms with Crippen molar-refractivity contribution in [2.24, 2.45) is 5.92 Å². The summed E-state index contributed by atoms with van der Waals surface area (Å²) in [7, 11) is 0. The molecule has 1 atom stereocenters. The zero-order chi connectivity index (χ0) is 13.1. The normalized spacial score (nSPS) is 14.5. The molecule has 0 saturated heterocycles. The number of hydrogen-bond donors (Lipinski definition) is 1. The lowest BCUT2D eigenvalue weighted by Crippen LogP contribution is -2.37. The lowest BCUT2D eigenvalue weighted by atomic mass is 9.94. The Morgan fingerprint density at radius 3 is 2.71 bits per heavy atom. The maximum absolute atomic E-state index is 10.9. The molecule has 1 aromatic rings. The molecule has 94 valence electrons. The average molecular weight is 301 g/mol. The van der Waals surface area contributed by atoms with Gasteiger partial charge in [-0.2, -0.15) is 0 Å². The van der Waals surface area contributed by atoms with Gasteiger partial charge in [0.2, 0.25) is 0 Å². The molecule has 4 heteroatoms. The van der Waals surface area contributed by atoms with Crippen LogP contribution in [0.1, 0.15) is 31.1 Å². The van der Waals surface area contributed by atoms with Crippen LogP contribution in [0.3, 0.4) is 0 Å². The van der Waals surface area contributed by atoms with Gasteiger partial charge in [-0.25, -0.2) is 0 Å². The van der Waals surface area contributed by atoms with Crippen LogP contribution in [0.2, 0.25) is 0 Å². The number of carbonyl (C=O) groups excluding carboxylic acids is 1. The van der Waals surface area contributed by atoms with Gasteiger partial charge in [0.25, 0.3) is 0 Å². The Balaban J connectivity index is 2.79. The number of benzene rings is 1. The number of rotatable bonds is 5. The number of hydrogen-bond acceptors (Lipinski definition) is 3. The molecule has 0 bridgehead atoms. The fraction of sp³-hybridized carbons (Fsp3) is 0.462. The molecule has 0 aliphatic heterocycles. The summed E-state index contributed by atoms with van der Waals surface area (Å²) in [5.41, 5.74) is -0.438. The highest BCUT2D eigenvalue weighted by molar-refractivity contribution is 9.10. The molecule has 0 fully saturated rings. The van der Waals surface area contributed by atoms with Crippen LogP contribution in [0.4, 0.5) is 0 Å². The highest BCUT2D eigenvalue weighted by atomic mass is 79.9. The van der Waals surface area contributed by atoms with Gasteiger partial charge in [-0.1, -0.05) is 29.8 Å². The molecule has 0 radical (unpaired) electrons. The van der Waals surface area contributed by atoms with Crippen molar-refractivity contribution >= 4 is 22.2 Å². The second-order valence-corrected chi connectivity index (χ2v) is 5.52. The van der Waals surface area contributed by atoms with E-state index in [0.29, 0.717) is 11.3 Å². The first kappa shape index (κ1) is 14.2. The summed E-state index contributed by atoms with van der Waals surface area (Å²) >= 11 is 3.29. The molecule has 0 aromatic heterocycles. The van der Waals surface area contributed by atoms with Gasteiger partial charge in [0.15, 0.2) is 6.29 Å². The third kappa shape index (κ3) is 3.82. The predicted molar refractivity (Wildman–Crippen MR) is 70.5 cm³/mol. The molecule has 1 rings (SSSR count). The summed E-state index contributed by atoms with van der Waals surface area (Å²) in [6, 6.07) is 5.20. The predicted octanol–water partition coefficient (Wildman–Crippen LogP) is 3.05. The van der Waals surface area contributed by atoms with Crippen molar-refractivity contribution in [2.45, 2.75) is 26.4 Å². The molecular weight excluding hydrogens is 284 g/mol. The third-order valence-corrected chi connectivity index (χ3v) is 3.36. The maximum Gasteiger partial charge on any atom is 0.153 e. The summed E-state index contributed by atoms with van der Waals surface area (Å²) in [5, 5.41) is 10.0. The lowest BCUT2D eigenvalue weighted by Gasteiger charge is -2.27. The standard InChI is InChI=1S/C13H17BrO3/c1-9(2)13(3,16)8-17-12-5-4-11(14)6-10(12)7-15/h4-7,9,16H,8H2,1-3H3. The zero-order valence-corrected chi connectivity index (χ0v) is 11.8. The van der Waals surface area contributed by atoms with Crippen molar-refractivity contribution in [3.05, 3.63) is 28.2 Å². The molecule has 0 saturated carbocycles. The van der Waals surface area contributed by atoms with Crippen LogP contribution >= 0.6 is 15.9 Å². The van der Waals surface area contributed by atoms with Gasteiger partial charge in [-0.05, 0) is 31.0 Å². The van der Waals surface area contributed by atoms with E-state index in [-0.39, 0.29) is 12.5 Å². The molecule has 17 heavy (non-hydrogen) atoms. The molecule has 0 heterocycles. The van der Waals surface area contributed by atoms with E-state index in [1.165, 1.54) is 0 Å². The molecule has 3 nitrogen and oxygen atoms in total. The number of ether oxygens (including phenoxy) is 1. The van der Waals surface area contributed by atoms with Gasteiger partial charge >= 0.3 is 0 Å². The van der Waals surface area contributed by atoms with Gasteiger partial charge in [0.1, 0.15) is 12.4 Å². The molecule has 1 unspecified atom stereocenters. The summed E-state index contributed by atoms with van der Waals surface area (Å²) in [4.78, 5) is 10.9.